The van der Waals surface area contributed by atoms with Crippen molar-refractivity contribution in [3.8, 4) is 0 Å². The van der Waals surface area contributed by atoms with Gasteiger partial charge in [-0.15, -0.1) is 0 Å². The van der Waals surface area contributed by atoms with Crippen LogP contribution in [0.25, 0.3) is 10.9 Å². The van der Waals surface area contributed by atoms with Crippen LogP contribution in [0.2, 0.25) is 0 Å². The Bertz CT molecular complexity index is 582. The highest BCUT2D eigenvalue weighted by atomic mass is 16.3. The Morgan fingerprint density at radius 3 is 2.84 bits per heavy atom. The number of nitrogens with zero attached hydrogens (tertiary/aromatic N) is 1. The molecule has 1 heterocycles. The molecule has 3 rings (SSSR count). The molecule has 0 spiro atoms. The van der Waals surface area contributed by atoms with Crippen molar-refractivity contribution in [2.75, 3.05) is 0 Å². The highest BCUT2D eigenvalue weighted by Gasteiger charge is 2.22. The smallest absolute Gasteiger partial charge is 0.0705 e. The van der Waals surface area contributed by atoms with Gasteiger partial charge in [0.05, 0.1) is 18.2 Å². The zero-order chi connectivity index (χ0) is 13.2. The maximum atomic E-state index is 9.77. The fourth-order valence-electron chi connectivity index (χ4n) is 2.95. The van der Waals surface area contributed by atoms with Crippen molar-refractivity contribution < 1.29 is 10.2 Å². The molecule has 0 amide bonds. The van der Waals surface area contributed by atoms with Crippen LogP contribution in [0.15, 0.2) is 30.3 Å². The molecule has 3 nitrogen and oxygen atoms in total. The molecule has 1 aromatic heterocycles. The van der Waals surface area contributed by atoms with E-state index in [0.717, 1.165) is 47.8 Å². The Balaban J connectivity index is 1.93. The second-order valence-corrected chi connectivity index (χ2v) is 5.44. The van der Waals surface area contributed by atoms with Crippen LogP contribution in [0.5, 0.6) is 0 Å². The van der Waals surface area contributed by atoms with Gasteiger partial charge in [-0.3, -0.25) is 4.98 Å². The summed E-state index contributed by atoms with van der Waals surface area (Å²) in [6.07, 6.45) is 3.77. The quantitative estimate of drug-likeness (QED) is 0.869. The van der Waals surface area contributed by atoms with Gasteiger partial charge in [-0.25, -0.2) is 0 Å². The first-order valence-electron chi connectivity index (χ1n) is 6.95. The van der Waals surface area contributed by atoms with Crippen molar-refractivity contribution in [2.45, 2.75) is 44.3 Å². The lowest BCUT2D eigenvalue weighted by Gasteiger charge is -2.25. The van der Waals surface area contributed by atoms with E-state index in [9.17, 15) is 5.11 Å². The summed E-state index contributed by atoms with van der Waals surface area (Å²) in [5.74, 6) is 0.380. The van der Waals surface area contributed by atoms with Crippen LogP contribution in [0.3, 0.4) is 0 Å². The normalized spacial score (nSPS) is 23.7. The monoisotopic (exact) mass is 257 g/mol. The van der Waals surface area contributed by atoms with Crippen molar-refractivity contribution in [1.82, 2.24) is 4.98 Å². The maximum absolute atomic E-state index is 9.77. The van der Waals surface area contributed by atoms with Crippen molar-refractivity contribution in [1.29, 1.82) is 0 Å². The zero-order valence-corrected chi connectivity index (χ0v) is 10.9. The number of fused-ring (bicyclic) bond motifs is 1. The average Bonchev–Trinajstić information content (AvgIpc) is 2.46. The molecule has 2 aromatic rings. The molecule has 1 aromatic carbocycles. The fraction of sp³-hybridized carbons (Fsp3) is 0.438. The van der Waals surface area contributed by atoms with Crippen molar-refractivity contribution in [2.24, 2.45) is 0 Å². The van der Waals surface area contributed by atoms with Crippen LogP contribution < -0.4 is 0 Å². The molecule has 2 atom stereocenters. The Hall–Kier alpha value is -1.45. The summed E-state index contributed by atoms with van der Waals surface area (Å²) in [6, 6.07) is 9.98. The van der Waals surface area contributed by atoms with Gasteiger partial charge >= 0.3 is 0 Å². The van der Waals surface area contributed by atoms with Gasteiger partial charge in [-0.2, -0.15) is 0 Å². The molecule has 1 aliphatic carbocycles. The molecule has 0 saturated heterocycles. The lowest BCUT2D eigenvalue weighted by Crippen LogP contribution is -2.18. The average molecular weight is 257 g/mol. The van der Waals surface area contributed by atoms with E-state index in [4.69, 9.17) is 10.1 Å². The van der Waals surface area contributed by atoms with Crippen LogP contribution in [-0.4, -0.2) is 21.3 Å². The summed E-state index contributed by atoms with van der Waals surface area (Å²) in [7, 11) is 0. The number of benzene rings is 1. The number of pyridine rings is 1. The summed E-state index contributed by atoms with van der Waals surface area (Å²) >= 11 is 0. The van der Waals surface area contributed by atoms with Gasteiger partial charge in [-0.1, -0.05) is 18.6 Å². The van der Waals surface area contributed by atoms with Crippen LogP contribution in [0.1, 0.15) is 42.9 Å². The lowest BCUT2D eigenvalue weighted by atomic mass is 9.85. The molecule has 2 N–H and O–H groups in total. The molecule has 0 radical (unpaired) electrons. The van der Waals surface area contributed by atoms with E-state index in [2.05, 4.69) is 12.1 Å². The number of aliphatic hydroxyl groups excluding tert-OH is 2. The molecule has 1 saturated carbocycles. The number of rotatable bonds is 2. The standard InChI is InChI=1S/C16H19NO2/c18-10-11-4-6-15-13(8-11)5-7-16(17-15)12-2-1-3-14(19)9-12/h4-8,12,14,18-19H,1-3,9-10H2. The number of hydrogen-bond acceptors (Lipinski definition) is 3. The van der Waals surface area contributed by atoms with Gasteiger partial charge in [0.2, 0.25) is 0 Å². The maximum Gasteiger partial charge on any atom is 0.0705 e. The topological polar surface area (TPSA) is 53.4 Å². The zero-order valence-electron chi connectivity index (χ0n) is 10.9. The molecule has 2 unspecified atom stereocenters. The Morgan fingerprint density at radius 1 is 1.16 bits per heavy atom. The van der Waals surface area contributed by atoms with E-state index in [1.54, 1.807) is 0 Å². The molecular formula is C16H19NO2. The van der Waals surface area contributed by atoms with Gasteiger partial charge in [-0.05, 0) is 43.0 Å². The minimum atomic E-state index is -0.173. The third kappa shape index (κ3) is 2.62. The van der Waals surface area contributed by atoms with Gasteiger partial charge < -0.3 is 10.2 Å². The molecule has 1 fully saturated rings. The first-order chi connectivity index (χ1) is 9.26. The molecular weight excluding hydrogens is 238 g/mol. The molecule has 0 bridgehead atoms. The highest BCUT2D eigenvalue weighted by molar-refractivity contribution is 5.79. The van der Waals surface area contributed by atoms with Gasteiger partial charge in [0, 0.05) is 17.0 Å². The molecule has 100 valence electrons. The van der Waals surface area contributed by atoms with Crippen molar-refractivity contribution in [3.05, 3.63) is 41.6 Å². The molecule has 19 heavy (non-hydrogen) atoms. The Morgan fingerprint density at radius 2 is 2.05 bits per heavy atom. The van der Waals surface area contributed by atoms with E-state index in [-0.39, 0.29) is 12.7 Å². The first kappa shape index (κ1) is 12.6. The largest absolute Gasteiger partial charge is 0.393 e. The summed E-state index contributed by atoms with van der Waals surface area (Å²) in [5, 5.41) is 20.0. The minimum Gasteiger partial charge on any atom is -0.393 e. The summed E-state index contributed by atoms with van der Waals surface area (Å²) < 4.78 is 0. The van der Waals surface area contributed by atoms with Crippen LogP contribution in [-0.2, 0) is 6.61 Å². The number of hydrogen-bond donors (Lipinski definition) is 2. The van der Waals surface area contributed by atoms with Crippen molar-refractivity contribution in [3.63, 3.8) is 0 Å². The van der Waals surface area contributed by atoms with Gasteiger partial charge in [0.15, 0.2) is 0 Å². The van der Waals surface area contributed by atoms with E-state index in [1.807, 2.05) is 18.2 Å². The molecule has 0 aliphatic heterocycles. The minimum absolute atomic E-state index is 0.0620. The predicted molar refractivity (Wildman–Crippen MR) is 74.9 cm³/mol. The van der Waals surface area contributed by atoms with E-state index in [0.29, 0.717) is 5.92 Å². The Labute approximate surface area is 112 Å². The third-order valence-electron chi connectivity index (χ3n) is 4.02. The summed E-state index contributed by atoms with van der Waals surface area (Å²) in [6.45, 7) is 0.0620. The van der Waals surface area contributed by atoms with Gasteiger partial charge in [0.25, 0.3) is 0 Å². The predicted octanol–water partition coefficient (Wildman–Crippen LogP) is 2.75. The van der Waals surface area contributed by atoms with Crippen LogP contribution in [0.4, 0.5) is 0 Å². The number of aliphatic hydroxyl groups is 2. The second kappa shape index (κ2) is 5.27. The number of aromatic nitrogens is 1. The highest BCUT2D eigenvalue weighted by Crippen LogP contribution is 2.32. The Kier molecular flexibility index (Phi) is 3.49. The van der Waals surface area contributed by atoms with Crippen LogP contribution >= 0.6 is 0 Å². The van der Waals surface area contributed by atoms with Gasteiger partial charge in [0.1, 0.15) is 0 Å². The summed E-state index contributed by atoms with van der Waals surface area (Å²) in [5.41, 5.74) is 2.97. The first-order valence-corrected chi connectivity index (χ1v) is 6.95. The van der Waals surface area contributed by atoms with E-state index < -0.39 is 0 Å². The van der Waals surface area contributed by atoms with Crippen LogP contribution in [0, 0.1) is 0 Å². The summed E-state index contributed by atoms with van der Waals surface area (Å²) in [4.78, 5) is 4.72. The lowest BCUT2D eigenvalue weighted by molar-refractivity contribution is 0.119. The second-order valence-electron chi connectivity index (χ2n) is 5.44. The molecule has 3 heteroatoms. The van der Waals surface area contributed by atoms with Crippen molar-refractivity contribution >= 4 is 10.9 Å². The van der Waals surface area contributed by atoms with E-state index in [1.165, 1.54) is 0 Å². The fourth-order valence-corrected chi connectivity index (χ4v) is 2.95. The van der Waals surface area contributed by atoms with E-state index >= 15 is 0 Å². The SMILES string of the molecule is OCc1ccc2nc(C3CCCC(O)C3)ccc2c1. The molecule has 1 aliphatic rings. The third-order valence-corrected chi connectivity index (χ3v) is 4.02.